The van der Waals surface area contributed by atoms with Crippen molar-refractivity contribution in [3.05, 3.63) is 59.1 Å². The molecule has 2 aromatic carbocycles. The maximum Gasteiger partial charge on any atom is 0.264 e. The zero-order valence-corrected chi connectivity index (χ0v) is 15.2. The van der Waals surface area contributed by atoms with E-state index in [4.69, 9.17) is 17.3 Å². The lowest BCUT2D eigenvalue weighted by Crippen LogP contribution is -2.39. The van der Waals surface area contributed by atoms with Crippen LogP contribution in [0.4, 0.5) is 14.5 Å². The van der Waals surface area contributed by atoms with E-state index in [0.29, 0.717) is 24.4 Å². The molecule has 2 N–H and O–H groups in total. The third-order valence-corrected chi connectivity index (χ3v) is 5.94. The van der Waals surface area contributed by atoms with E-state index in [1.54, 1.807) is 6.92 Å². The van der Waals surface area contributed by atoms with Gasteiger partial charge in [-0.15, -0.1) is 0 Å². The summed E-state index contributed by atoms with van der Waals surface area (Å²) in [5, 5.41) is 0.374. The highest BCUT2D eigenvalue weighted by Crippen LogP contribution is 2.31. The molecule has 0 fully saturated rings. The minimum atomic E-state index is -4.11. The van der Waals surface area contributed by atoms with Crippen molar-refractivity contribution in [1.29, 1.82) is 0 Å². The second-order valence-electron chi connectivity index (χ2n) is 5.63. The lowest BCUT2D eigenvalue weighted by atomic mass is 10.1. The first-order valence-corrected chi connectivity index (χ1v) is 9.54. The van der Waals surface area contributed by atoms with Gasteiger partial charge in [-0.3, -0.25) is 4.31 Å². The molecule has 25 heavy (non-hydrogen) atoms. The molecule has 136 valence electrons. The number of halogens is 3. The maximum atomic E-state index is 14.3. The van der Waals surface area contributed by atoms with Crippen LogP contribution in [0, 0.1) is 11.6 Å². The number of hydrogen-bond acceptors (Lipinski definition) is 3. The second kappa shape index (κ2) is 8.12. The van der Waals surface area contributed by atoms with E-state index in [9.17, 15) is 17.2 Å². The van der Waals surface area contributed by atoms with E-state index in [1.165, 1.54) is 24.3 Å². The highest BCUT2D eigenvalue weighted by atomic mass is 35.5. The van der Waals surface area contributed by atoms with Crippen LogP contribution in [-0.2, 0) is 10.0 Å². The molecule has 1 atom stereocenters. The van der Waals surface area contributed by atoms with Crippen molar-refractivity contribution in [2.24, 2.45) is 5.73 Å². The van der Waals surface area contributed by atoms with Crippen LogP contribution in [-0.4, -0.2) is 21.0 Å². The SMILES string of the molecule is CC(CCCN)N(c1cc(F)ccc1F)S(=O)(=O)c1ccc(Cl)cc1. The molecule has 0 amide bonds. The Morgan fingerprint density at radius 2 is 1.80 bits per heavy atom. The van der Waals surface area contributed by atoms with Crippen LogP contribution in [0.5, 0.6) is 0 Å². The summed E-state index contributed by atoms with van der Waals surface area (Å²) < 4.78 is 55.0. The minimum Gasteiger partial charge on any atom is -0.330 e. The Labute approximate surface area is 151 Å². The Bertz CT molecular complexity index is 829. The fourth-order valence-electron chi connectivity index (χ4n) is 2.51. The number of benzene rings is 2. The fraction of sp³-hybridized carbons (Fsp3) is 0.294. The molecule has 2 aromatic rings. The van der Waals surface area contributed by atoms with Crippen molar-refractivity contribution in [2.75, 3.05) is 10.8 Å². The monoisotopic (exact) mass is 388 g/mol. The van der Waals surface area contributed by atoms with Gasteiger partial charge >= 0.3 is 0 Å². The van der Waals surface area contributed by atoms with Crippen molar-refractivity contribution < 1.29 is 17.2 Å². The van der Waals surface area contributed by atoms with Gasteiger partial charge in [0, 0.05) is 17.1 Å². The van der Waals surface area contributed by atoms with E-state index >= 15 is 0 Å². The summed E-state index contributed by atoms with van der Waals surface area (Å²) in [6, 6.07) is 7.64. The van der Waals surface area contributed by atoms with Gasteiger partial charge in [-0.05, 0) is 62.7 Å². The van der Waals surface area contributed by atoms with E-state index in [-0.39, 0.29) is 10.6 Å². The van der Waals surface area contributed by atoms with Crippen molar-refractivity contribution >= 4 is 27.3 Å². The smallest absolute Gasteiger partial charge is 0.264 e. The molecule has 4 nitrogen and oxygen atoms in total. The first-order chi connectivity index (χ1) is 11.8. The summed E-state index contributed by atoms with van der Waals surface area (Å²) in [4.78, 5) is -0.0554. The van der Waals surface area contributed by atoms with Gasteiger partial charge in [-0.1, -0.05) is 11.6 Å². The molecule has 0 saturated heterocycles. The fourth-order valence-corrected chi connectivity index (χ4v) is 4.32. The Kier molecular flexibility index (Phi) is 6.37. The molecule has 0 aromatic heterocycles. The molecule has 0 saturated carbocycles. The van der Waals surface area contributed by atoms with Crippen molar-refractivity contribution in [3.63, 3.8) is 0 Å². The third kappa shape index (κ3) is 4.48. The highest BCUT2D eigenvalue weighted by molar-refractivity contribution is 7.92. The molecule has 0 aliphatic heterocycles. The molecular weight excluding hydrogens is 370 g/mol. The molecule has 1 unspecified atom stereocenters. The number of hydrogen-bond donors (Lipinski definition) is 1. The number of nitrogens with two attached hydrogens (primary N) is 1. The number of rotatable bonds is 7. The van der Waals surface area contributed by atoms with Crippen molar-refractivity contribution in [2.45, 2.75) is 30.7 Å². The first kappa shape index (κ1) is 19.6. The molecule has 0 radical (unpaired) electrons. The number of anilines is 1. The summed E-state index contributed by atoms with van der Waals surface area (Å²) in [6.07, 6.45) is 0.948. The summed E-state index contributed by atoms with van der Waals surface area (Å²) in [5.41, 5.74) is 5.16. The van der Waals surface area contributed by atoms with Crippen LogP contribution < -0.4 is 10.0 Å². The van der Waals surface area contributed by atoms with Crippen LogP contribution in [0.3, 0.4) is 0 Å². The normalized spacial score (nSPS) is 12.8. The predicted molar refractivity (Wildman–Crippen MR) is 95.2 cm³/mol. The third-order valence-electron chi connectivity index (χ3n) is 3.74. The standard InChI is InChI=1S/C17H19ClF2N2O2S/c1-12(3-2-10-21)22(17-11-14(19)6-9-16(17)20)25(23,24)15-7-4-13(18)5-8-15/h4-9,11-12H,2-3,10,21H2,1H3. The number of nitrogens with zero attached hydrogens (tertiary/aromatic N) is 1. The van der Waals surface area contributed by atoms with Gasteiger partial charge in [0.05, 0.1) is 10.6 Å². The van der Waals surface area contributed by atoms with E-state index in [1.807, 2.05) is 0 Å². The van der Waals surface area contributed by atoms with Gasteiger partial charge in [-0.2, -0.15) is 0 Å². The average molecular weight is 389 g/mol. The largest absolute Gasteiger partial charge is 0.330 e. The van der Waals surface area contributed by atoms with E-state index in [2.05, 4.69) is 0 Å². The van der Waals surface area contributed by atoms with Crippen LogP contribution in [0.1, 0.15) is 19.8 Å². The summed E-state index contributed by atoms with van der Waals surface area (Å²) in [6.45, 7) is 2.00. The molecular formula is C17H19ClF2N2O2S. The molecule has 2 rings (SSSR count). The summed E-state index contributed by atoms with van der Waals surface area (Å²) in [5.74, 6) is -1.54. The lowest BCUT2D eigenvalue weighted by molar-refractivity contribution is 0.552. The van der Waals surface area contributed by atoms with E-state index in [0.717, 1.165) is 22.5 Å². The van der Waals surface area contributed by atoms with Crippen LogP contribution >= 0.6 is 11.6 Å². The quantitative estimate of drug-likeness (QED) is 0.781. The van der Waals surface area contributed by atoms with Crippen molar-refractivity contribution in [3.8, 4) is 0 Å². The van der Waals surface area contributed by atoms with Gasteiger partial charge in [0.1, 0.15) is 11.6 Å². The second-order valence-corrected chi connectivity index (χ2v) is 7.88. The van der Waals surface area contributed by atoms with Gasteiger partial charge in [0.25, 0.3) is 10.0 Å². The lowest BCUT2D eigenvalue weighted by Gasteiger charge is -2.31. The molecule has 0 bridgehead atoms. The van der Waals surface area contributed by atoms with E-state index < -0.39 is 27.7 Å². The number of sulfonamides is 1. The Balaban J connectivity index is 2.57. The van der Waals surface area contributed by atoms with Crippen LogP contribution in [0.25, 0.3) is 0 Å². The summed E-state index contributed by atoms with van der Waals surface area (Å²) >= 11 is 5.80. The zero-order chi connectivity index (χ0) is 18.6. The Hall–Kier alpha value is -1.70. The summed E-state index contributed by atoms with van der Waals surface area (Å²) in [7, 11) is -4.11. The molecule has 8 heteroatoms. The van der Waals surface area contributed by atoms with Gasteiger partial charge in [0.2, 0.25) is 0 Å². The molecule has 0 spiro atoms. The topological polar surface area (TPSA) is 63.4 Å². The minimum absolute atomic E-state index is 0.0554. The average Bonchev–Trinajstić information content (AvgIpc) is 2.56. The Morgan fingerprint density at radius 3 is 2.40 bits per heavy atom. The molecule has 0 aliphatic rings. The van der Waals surface area contributed by atoms with Gasteiger partial charge in [-0.25, -0.2) is 17.2 Å². The van der Waals surface area contributed by atoms with Crippen LogP contribution in [0.2, 0.25) is 5.02 Å². The molecule has 0 heterocycles. The van der Waals surface area contributed by atoms with Gasteiger partial charge < -0.3 is 5.73 Å². The zero-order valence-electron chi connectivity index (χ0n) is 13.6. The highest BCUT2D eigenvalue weighted by Gasteiger charge is 2.31. The Morgan fingerprint density at radius 1 is 1.16 bits per heavy atom. The first-order valence-electron chi connectivity index (χ1n) is 7.72. The van der Waals surface area contributed by atoms with Gasteiger partial charge in [0.15, 0.2) is 0 Å². The molecule has 0 aliphatic carbocycles. The van der Waals surface area contributed by atoms with Crippen molar-refractivity contribution in [1.82, 2.24) is 0 Å². The van der Waals surface area contributed by atoms with Crippen LogP contribution in [0.15, 0.2) is 47.4 Å². The predicted octanol–water partition coefficient (Wildman–Crippen LogP) is 3.94. The maximum absolute atomic E-state index is 14.3.